The molecule has 2 aromatic rings. The standard InChI is InChI=1S/C13H15BrN2O/c1-7(2)8-4-10(14)9-6-12(13(17)15-3)16-11(9)5-8/h4-7,16H,1-3H3,(H,15,17). The van der Waals surface area contributed by atoms with E-state index in [1.807, 2.05) is 6.07 Å². The molecular formula is C13H15BrN2O. The summed E-state index contributed by atoms with van der Waals surface area (Å²) in [6, 6.07) is 6.06. The number of aromatic amines is 1. The molecule has 0 atom stereocenters. The van der Waals surface area contributed by atoms with Crippen LogP contribution in [0, 0.1) is 0 Å². The molecule has 17 heavy (non-hydrogen) atoms. The van der Waals surface area contributed by atoms with Gasteiger partial charge in [0.25, 0.3) is 5.91 Å². The van der Waals surface area contributed by atoms with E-state index in [1.54, 1.807) is 7.05 Å². The lowest BCUT2D eigenvalue weighted by Crippen LogP contribution is -2.17. The van der Waals surface area contributed by atoms with Crippen LogP contribution in [0.1, 0.15) is 35.8 Å². The molecule has 0 saturated heterocycles. The van der Waals surface area contributed by atoms with Crippen molar-refractivity contribution in [3.63, 3.8) is 0 Å². The zero-order valence-electron chi connectivity index (χ0n) is 10.1. The zero-order valence-corrected chi connectivity index (χ0v) is 11.7. The van der Waals surface area contributed by atoms with Gasteiger partial charge in [0.2, 0.25) is 0 Å². The van der Waals surface area contributed by atoms with Gasteiger partial charge in [-0.05, 0) is 29.7 Å². The van der Waals surface area contributed by atoms with Crippen LogP contribution in [0.5, 0.6) is 0 Å². The number of halogens is 1. The molecule has 0 saturated carbocycles. The Hall–Kier alpha value is -1.29. The molecule has 0 spiro atoms. The average Bonchev–Trinajstić information content (AvgIpc) is 2.72. The minimum absolute atomic E-state index is 0.0980. The Morgan fingerprint density at radius 2 is 2.06 bits per heavy atom. The van der Waals surface area contributed by atoms with Crippen molar-refractivity contribution in [3.8, 4) is 0 Å². The molecule has 2 rings (SSSR count). The van der Waals surface area contributed by atoms with Gasteiger partial charge >= 0.3 is 0 Å². The normalized spacial score (nSPS) is 11.1. The molecule has 0 fully saturated rings. The number of H-pyrrole nitrogens is 1. The SMILES string of the molecule is CNC(=O)c1cc2c(Br)cc(C(C)C)cc2[nH]1. The Morgan fingerprint density at radius 3 is 2.65 bits per heavy atom. The van der Waals surface area contributed by atoms with Crippen molar-refractivity contribution in [3.05, 3.63) is 33.9 Å². The highest BCUT2D eigenvalue weighted by atomic mass is 79.9. The number of aromatic nitrogens is 1. The van der Waals surface area contributed by atoms with Crippen molar-refractivity contribution in [1.29, 1.82) is 0 Å². The summed E-state index contributed by atoms with van der Waals surface area (Å²) >= 11 is 3.55. The molecule has 3 nitrogen and oxygen atoms in total. The van der Waals surface area contributed by atoms with E-state index in [1.165, 1.54) is 5.56 Å². The van der Waals surface area contributed by atoms with Gasteiger partial charge in [-0.1, -0.05) is 29.8 Å². The molecule has 1 amide bonds. The highest BCUT2D eigenvalue weighted by molar-refractivity contribution is 9.10. The van der Waals surface area contributed by atoms with Gasteiger partial charge in [-0.25, -0.2) is 0 Å². The molecule has 0 aliphatic carbocycles. The van der Waals surface area contributed by atoms with Gasteiger partial charge in [0, 0.05) is 22.4 Å². The maximum Gasteiger partial charge on any atom is 0.267 e. The minimum Gasteiger partial charge on any atom is -0.354 e. The lowest BCUT2D eigenvalue weighted by molar-refractivity contribution is 0.0959. The maximum absolute atomic E-state index is 11.6. The smallest absolute Gasteiger partial charge is 0.267 e. The molecule has 1 aromatic carbocycles. The second-order valence-electron chi connectivity index (χ2n) is 4.38. The van der Waals surface area contributed by atoms with E-state index in [2.05, 4.69) is 52.2 Å². The second-order valence-corrected chi connectivity index (χ2v) is 5.24. The number of fused-ring (bicyclic) bond motifs is 1. The highest BCUT2D eigenvalue weighted by Crippen LogP contribution is 2.29. The first-order valence-electron chi connectivity index (χ1n) is 5.57. The lowest BCUT2D eigenvalue weighted by Gasteiger charge is -2.06. The van der Waals surface area contributed by atoms with Crippen molar-refractivity contribution >= 4 is 32.7 Å². The van der Waals surface area contributed by atoms with E-state index < -0.39 is 0 Å². The van der Waals surface area contributed by atoms with Crippen molar-refractivity contribution in [1.82, 2.24) is 10.3 Å². The predicted octanol–water partition coefficient (Wildman–Crippen LogP) is 3.41. The van der Waals surface area contributed by atoms with E-state index in [9.17, 15) is 4.79 Å². The fourth-order valence-electron chi connectivity index (χ4n) is 1.80. The molecule has 0 aliphatic heterocycles. The van der Waals surface area contributed by atoms with E-state index >= 15 is 0 Å². The van der Waals surface area contributed by atoms with Gasteiger partial charge < -0.3 is 10.3 Å². The third-order valence-electron chi connectivity index (χ3n) is 2.85. The van der Waals surface area contributed by atoms with Crippen molar-refractivity contribution in [2.24, 2.45) is 0 Å². The third kappa shape index (κ3) is 2.22. The van der Waals surface area contributed by atoms with Crippen LogP contribution in [0.25, 0.3) is 10.9 Å². The van der Waals surface area contributed by atoms with Crippen LogP contribution >= 0.6 is 15.9 Å². The largest absolute Gasteiger partial charge is 0.354 e. The van der Waals surface area contributed by atoms with Gasteiger partial charge in [-0.15, -0.1) is 0 Å². The topological polar surface area (TPSA) is 44.9 Å². The Labute approximate surface area is 109 Å². The fourth-order valence-corrected chi connectivity index (χ4v) is 2.40. The van der Waals surface area contributed by atoms with Crippen LogP contribution in [-0.4, -0.2) is 17.9 Å². The first-order chi connectivity index (χ1) is 8.02. The summed E-state index contributed by atoms with van der Waals surface area (Å²) in [5.41, 5.74) is 2.82. The van der Waals surface area contributed by atoms with Crippen molar-refractivity contribution in [2.75, 3.05) is 7.05 Å². The average molecular weight is 295 g/mol. The minimum atomic E-state index is -0.0980. The van der Waals surface area contributed by atoms with Crippen LogP contribution in [0.4, 0.5) is 0 Å². The number of benzene rings is 1. The number of hydrogen-bond acceptors (Lipinski definition) is 1. The Balaban J connectivity index is 2.60. The molecule has 0 unspecified atom stereocenters. The first kappa shape index (κ1) is 12.2. The third-order valence-corrected chi connectivity index (χ3v) is 3.50. The van der Waals surface area contributed by atoms with Crippen LogP contribution in [0.3, 0.4) is 0 Å². The number of hydrogen-bond donors (Lipinski definition) is 2. The quantitative estimate of drug-likeness (QED) is 0.876. The van der Waals surface area contributed by atoms with E-state index in [0.717, 1.165) is 15.4 Å². The number of carbonyl (C=O) groups excluding carboxylic acids is 1. The Kier molecular flexibility index (Phi) is 3.24. The van der Waals surface area contributed by atoms with Gasteiger partial charge in [0.05, 0.1) is 0 Å². The lowest BCUT2D eigenvalue weighted by atomic mass is 10.0. The predicted molar refractivity (Wildman–Crippen MR) is 73.5 cm³/mol. The van der Waals surface area contributed by atoms with Crippen molar-refractivity contribution < 1.29 is 4.79 Å². The van der Waals surface area contributed by atoms with Gasteiger partial charge in [-0.2, -0.15) is 0 Å². The van der Waals surface area contributed by atoms with Crippen molar-refractivity contribution in [2.45, 2.75) is 19.8 Å². The Bertz CT molecular complexity index is 572. The number of carbonyl (C=O) groups is 1. The molecule has 90 valence electrons. The van der Waals surface area contributed by atoms with Crippen LogP contribution in [-0.2, 0) is 0 Å². The summed E-state index contributed by atoms with van der Waals surface area (Å²) in [6.45, 7) is 4.30. The van der Waals surface area contributed by atoms with Gasteiger partial charge in [0.15, 0.2) is 0 Å². The van der Waals surface area contributed by atoms with Gasteiger partial charge in [-0.3, -0.25) is 4.79 Å². The molecular weight excluding hydrogens is 280 g/mol. The molecule has 1 aromatic heterocycles. The summed E-state index contributed by atoms with van der Waals surface area (Å²) in [6.07, 6.45) is 0. The second kappa shape index (κ2) is 4.53. The van der Waals surface area contributed by atoms with Crippen LogP contribution in [0.15, 0.2) is 22.7 Å². The van der Waals surface area contributed by atoms with Crippen LogP contribution in [0.2, 0.25) is 0 Å². The first-order valence-corrected chi connectivity index (χ1v) is 6.36. The highest BCUT2D eigenvalue weighted by Gasteiger charge is 2.11. The molecule has 0 aliphatic rings. The summed E-state index contributed by atoms with van der Waals surface area (Å²) < 4.78 is 1.02. The summed E-state index contributed by atoms with van der Waals surface area (Å²) in [4.78, 5) is 14.7. The molecule has 2 N–H and O–H groups in total. The van der Waals surface area contributed by atoms with Gasteiger partial charge in [0.1, 0.15) is 5.69 Å². The van der Waals surface area contributed by atoms with E-state index in [0.29, 0.717) is 11.6 Å². The number of amides is 1. The molecule has 4 heteroatoms. The summed E-state index contributed by atoms with van der Waals surface area (Å²) in [5.74, 6) is 0.363. The van der Waals surface area contributed by atoms with E-state index in [-0.39, 0.29) is 5.91 Å². The van der Waals surface area contributed by atoms with Crippen LogP contribution < -0.4 is 5.32 Å². The maximum atomic E-state index is 11.6. The fraction of sp³-hybridized carbons (Fsp3) is 0.308. The monoisotopic (exact) mass is 294 g/mol. The zero-order chi connectivity index (χ0) is 12.6. The Morgan fingerprint density at radius 1 is 1.35 bits per heavy atom. The molecule has 1 heterocycles. The summed E-state index contributed by atoms with van der Waals surface area (Å²) in [5, 5.41) is 3.65. The number of nitrogens with one attached hydrogen (secondary N) is 2. The number of rotatable bonds is 2. The van der Waals surface area contributed by atoms with E-state index in [4.69, 9.17) is 0 Å². The molecule has 0 radical (unpaired) electrons. The molecule has 0 bridgehead atoms. The summed E-state index contributed by atoms with van der Waals surface area (Å²) in [7, 11) is 1.63.